The number of nitrogens with zero attached hydrogens (tertiary/aromatic N) is 1. The van der Waals surface area contributed by atoms with Crippen LogP contribution in [0.1, 0.15) is 10.4 Å². The summed E-state index contributed by atoms with van der Waals surface area (Å²) in [6.45, 7) is -3.31. The van der Waals surface area contributed by atoms with Gasteiger partial charge >= 0.3 is 12.4 Å². The number of carbonyl (C=O) groups excluding carboxylic acids is 1. The molecule has 0 saturated carbocycles. The summed E-state index contributed by atoms with van der Waals surface area (Å²) in [5.41, 5.74) is -0.440. The molecule has 0 spiro atoms. The van der Waals surface area contributed by atoms with Crippen molar-refractivity contribution in [2.45, 2.75) is 12.4 Å². The van der Waals surface area contributed by atoms with E-state index in [-0.39, 0.29) is 11.6 Å². The van der Waals surface area contributed by atoms with E-state index in [1.165, 1.54) is 12.3 Å². The predicted octanol–water partition coefficient (Wildman–Crippen LogP) is 4.22. The number of hydrogen-bond acceptors (Lipinski definition) is 4. The molecule has 27 heavy (non-hydrogen) atoms. The van der Waals surface area contributed by atoms with E-state index in [1.807, 2.05) is 0 Å². The summed E-state index contributed by atoms with van der Waals surface area (Å²) in [6.07, 6.45) is -7.93. The number of halogens is 6. The van der Waals surface area contributed by atoms with E-state index in [0.29, 0.717) is 0 Å². The number of hydrogen-bond donors (Lipinski definition) is 1. The number of benzene rings is 1. The van der Waals surface area contributed by atoms with E-state index >= 15 is 0 Å². The minimum atomic E-state index is -4.67. The first kappa shape index (κ1) is 20.3. The van der Waals surface area contributed by atoms with Crippen LogP contribution in [0.4, 0.5) is 32.2 Å². The van der Waals surface area contributed by atoms with E-state index in [1.54, 1.807) is 12.1 Å². The highest BCUT2D eigenvalue weighted by atomic mass is 19.4. The Bertz CT molecular complexity index is 778. The monoisotopic (exact) mass is 394 g/mol. The lowest BCUT2D eigenvalue weighted by molar-refractivity contribution is -0.154. The van der Waals surface area contributed by atoms with Crippen molar-refractivity contribution in [2.75, 3.05) is 18.5 Å². The first-order valence-electron chi connectivity index (χ1n) is 7.29. The third kappa shape index (κ3) is 7.04. The van der Waals surface area contributed by atoms with Crippen molar-refractivity contribution < 1.29 is 40.6 Å². The SMILES string of the molecule is O=C(Nc1ccccn1)c1cc(OCC(F)(F)F)ccc1OCC(F)(F)F. The van der Waals surface area contributed by atoms with E-state index in [4.69, 9.17) is 0 Å². The number of amides is 1. The minimum absolute atomic E-state index is 0.0888. The van der Waals surface area contributed by atoms with Crippen molar-refractivity contribution in [3.05, 3.63) is 48.2 Å². The van der Waals surface area contributed by atoms with Gasteiger partial charge in [0.2, 0.25) is 0 Å². The van der Waals surface area contributed by atoms with Crippen LogP contribution in [0.5, 0.6) is 11.5 Å². The second-order valence-electron chi connectivity index (χ2n) is 5.13. The first-order valence-corrected chi connectivity index (χ1v) is 7.29. The molecule has 2 rings (SSSR count). The number of alkyl halides is 6. The summed E-state index contributed by atoms with van der Waals surface area (Å²) >= 11 is 0. The van der Waals surface area contributed by atoms with Gasteiger partial charge in [0.15, 0.2) is 13.2 Å². The molecule has 11 heteroatoms. The minimum Gasteiger partial charge on any atom is -0.484 e. The molecule has 0 aliphatic heterocycles. The van der Waals surface area contributed by atoms with Gasteiger partial charge in [0, 0.05) is 6.20 Å². The molecule has 1 aromatic carbocycles. The van der Waals surface area contributed by atoms with Crippen LogP contribution in [0.3, 0.4) is 0 Å². The molecular formula is C16H12F6N2O3. The van der Waals surface area contributed by atoms with E-state index < -0.39 is 42.8 Å². The van der Waals surface area contributed by atoms with Gasteiger partial charge in [0.05, 0.1) is 5.56 Å². The first-order chi connectivity index (χ1) is 12.5. The predicted molar refractivity (Wildman–Crippen MR) is 81.7 cm³/mol. The van der Waals surface area contributed by atoms with Crippen molar-refractivity contribution in [1.82, 2.24) is 4.98 Å². The second kappa shape index (κ2) is 8.14. The van der Waals surface area contributed by atoms with E-state index in [9.17, 15) is 31.1 Å². The molecule has 0 aliphatic carbocycles. The second-order valence-corrected chi connectivity index (χ2v) is 5.13. The zero-order valence-corrected chi connectivity index (χ0v) is 13.4. The molecule has 0 saturated heterocycles. The Morgan fingerprint density at radius 2 is 1.63 bits per heavy atom. The van der Waals surface area contributed by atoms with Crippen LogP contribution in [-0.2, 0) is 0 Å². The van der Waals surface area contributed by atoms with Crippen LogP contribution in [0.15, 0.2) is 42.6 Å². The quantitative estimate of drug-likeness (QED) is 0.746. The Hall–Kier alpha value is -2.98. The van der Waals surface area contributed by atoms with E-state index in [0.717, 1.165) is 18.2 Å². The third-order valence-corrected chi connectivity index (χ3v) is 2.90. The molecule has 1 aromatic heterocycles. The number of nitrogens with one attached hydrogen (secondary N) is 1. The summed E-state index contributed by atoms with van der Waals surface area (Å²) in [6, 6.07) is 7.28. The van der Waals surface area contributed by atoms with Gasteiger partial charge in [-0.05, 0) is 30.3 Å². The van der Waals surface area contributed by atoms with Gasteiger partial charge < -0.3 is 14.8 Å². The summed E-state index contributed by atoms with van der Waals surface area (Å²) < 4.78 is 83.0. The molecule has 146 valence electrons. The number of pyridine rings is 1. The highest BCUT2D eigenvalue weighted by Crippen LogP contribution is 2.28. The molecule has 1 amide bonds. The van der Waals surface area contributed by atoms with Gasteiger partial charge in [-0.2, -0.15) is 26.3 Å². The van der Waals surface area contributed by atoms with Crippen molar-refractivity contribution >= 4 is 11.7 Å². The Kier molecular flexibility index (Phi) is 6.13. The Morgan fingerprint density at radius 3 is 2.22 bits per heavy atom. The normalized spacial score (nSPS) is 11.8. The van der Waals surface area contributed by atoms with Gasteiger partial charge in [-0.3, -0.25) is 4.79 Å². The number of anilines is 1. The summed E-state index contributed by atoms with van der Waals surface area (Å²) in [7, 11) is 0. The average molecular weight is 394 g/mol. The number of aromatic nitrogens is 1. The fourth-order valence-corrected chi connectivity index (χ4v) is 1.85. The molecule has 0 fully saturated rings. The molecule has 1 N–H and O–H groups in total. The number of carbonyl (C=O) groups is 1. The van der Waals surface area contributed by atoms with Crippen molar-refractivity contribution in [2.24, 2.45) is 0 Å². The largest absolute Gasteiger partial charge is 0.484 e. The van der Waals surface area contributed by atoms with Gasteiger partial charge in [-0.1, -0.05) is 6.07 Å². The zero-order valence-electron chi connectivity index (χ0n) is 13.4. The van der Waals surface area contributed by atoms with Gasteiger partial charge in [-0.15, -0.1) is 0 Å². The lowest BCUT2D eigenvalue weighted by atomic mass is 10.1. The molecule has 1 heterocycles. The Morgan fingerprint density at radius 1 is 0.963 bits per heavy atom. The maximum Gasteiger partial charge on any atom is 0.422 e. The van der Waals surface area contributed by atoms with Crippen LogP contribution in [0, 0.1) is 0 Å². The Balaban J connectivity index is 2.25. The molecule has 2 aromatic rings. The zero-order chi connectivity index (χ0) is 20.1. The van der Waals surface area contributed by atoms with Crippen LogP contribution >= 0.6 is 0 Å². The number of rotatable bonds is 6. The summed E-state index contributed by atoms with van der Waals surface area (Å²) in [5.74, 6) is -1.67. The molecule has 5 nitrogen and oxygen atoms in total. The van der Waals surface area contributed by atoms with Gasteiger partial charge in [0.1, 0.15) is 17.3 Å². The standard InChI is InChI=1S/C16H12F6N2O3/c17-15(18,19)8-26-10-4-5-12(27-9-16(20,21)22)11(7-10)14(25)24-13-3-1-2-6-23-13/h1-7H,8-9H2,(H,23,24,25). The van der Waals surface area contributed by atoms with Crippen LogP contribution in [-0.4, -0.2) is 36.5 Å². The summed E-state index contributed by atoms with van der Waals surface area (Å²) in [5, 5.41) is 2.31. The van der Waals surface area contributed by atoms with Crippen molar-refractivity contribution in [3.63, 3.8) is 0 Å². The molecular weight excluding hydrogens is 382 g/mol. The number of ether oxygens (including phenoxy) is 2. The van der Waals surface area contributed by atoms with Crippen LogP contribution in [0.2, 0.25) is 0 Å². The lowest BCUT2D eigenvalue weighted by Crippen LogP contribution is -2.22. The fraction of sp³-hybridized carbons (Fsp3) is 0.250. The fourth-order valence-electron chi connectivity index (χ4n) is 1.85. The maximum absolute atomic E-state index is 12.4. The van der Waals surface area contributed by atoms with Crippen LogP contribution in [0.25, 0.3) is 0 Å². The molecule has 0 radical (unpaired) electrons. The van der Waals surface area contributed by atoms with E-state index in [2.05, 4.69) is 19.8 Å². The highest BCUT2D eigenvalue weighted by molar-refractivity contribution is 6.06. The van der Waals surface area contributed by atoms with Crippen molar-refractivity contribution in [1.29, 1.82) is 0 Å². The highest BCUT2D eigenvalue weighted by Gasteiger charge is 2.30. The lowest BCUT2D eigenvalue weighted by Gasteiger charge is -2.15. The van der Waals surface area contributed by atoms with Gasteiger partial charge in [0.25, 0.3) is 5.91 Å². The molecule has 0 aliphatic rings. The van der Waals surface area contributed by atoms with Gasteiger partial charge in [-0.25, -0.2) is 4.98 Å². The maximum atomic E-state index is 12.4. The third-order valence-electron chi connectivity index (χ3n) is 2.90. The average Bonchev–Trinajstić information content (AvgIpc) is 2.58. The molecule has 0 atom stereocenters. The molecule has 0 unspecified atom stereocenters. The summed E-state index contributed by atoms with van der Waals surface area (Å²) in [4.78, 5) is 16.1. The Labute approximate surface area is 148 Å². The smallest absolute Gasteiger partial charge is 0.422 e. The van der Waals surface area contributed by atoms with Crippen molar-refractivity contribution in [3.8, 4) is 11.5 Å². The molecule has 0 bridgehead atoms. The topological polar surface area (TPSA) is 60.5 Å². The van der Waals surface area contributed by atoms with Crippen LogP contribution < -0.4 is 14.8 Å².